The Morgan fingerprint density at radius 3 is 2.74 bits per heavy atom. The maximum absolute atomic E-state index is 14.4. The van der Waals surface area contributed by atoms with Gasteiger partial charge in [-0.05, 0) is 65.8 Å². The predicted molar refractivity (Wildman–Crippen MR) is 129 cm³/mol. The number of benzene rings is 1. The summed E-state index contributed by atoms with van der Waals surface area (Å²) in [4.78, 5) is 23.8. The van der Waals surface area contributed by atoms with Crippen LogP contribution in [-0.2, 0) is 6.54 Å². The lowest BCUT2D eigenvalue weighted by Gasteiger charge is -2.28. The Labute approximate surface area is 198 Å². The zero-order valence-electron chi connectivity index (χ0n) is 19.3. The molecule has 1 aliphatic heterocycles. The predicted octanol–water partition coefficient (Wildman–Crippen LogP) is 4.60. The van der Waals surface area contributed by atoms with E-state index >= 15 is 0 Å². The lowest BCUT2D eigenvalue weighted by atomic mass is 10.0. The number of nitrogens with zero attached hydrogens (tertiary/aromatic N) is 3. The third kappa shape index (κ3) is 4.27. The molecule has 1 saturated carbocycles. The lowest BCUT2D eigenvalue weighted by Crippen LogP contribution is -2.39. The highest BCUT2D eigenvalue weighted by atomic mass is 19.1. The second kappa shape index (κ2) is 9.29. The van der Waals surface area contributed by atoms with Gasteiger partial charge < -0.3 is 20.3 Å². The van der Waals surface area contributed by atoms with Crippen LogP contribution in [0.4, 0.5) is 15.8 Å². The number of carbonyl (C=O) groups is 1. The number of rotatable bonds is 6. The van der Waals surface area contributed by atoms with E-state index in [4.69, 9.17) is 4.74 Å². The van der Waals surface area contributed by atoms with Crippen molar-refractivity contribution in [3.8, 4) is 17.0 Å². The first-order chi connectivity index (χ1) is 16.5. The highest BCUT2D eigenvalue weighted by Crippen LogP contribution is 2.41. The van der Waals surface area contributed by atoms with Gasteiger partial charge in [-0.3, -0.25) is 4.79 Å². The molecule has 7 nitrogen and oxygen atoms in total. The maximum Gasteiger partial charge on any atom is 0.272 e. The molecule has 0 radical (unpaired) electrons. The number of halogens is 1. The van der Waals surface area contributed by atoms with Gasteiger partial charge in [0.05, 0.1) is 18.5 Å². The van der Waals surface area contributed by atoms with E-state index in [9.17, 15) is 9.18 Å². The summed E-state index contributed by atoms with van der Waals surface area (Å²) in [5.41, 5.74) is 4.25. The van der Waals surface area contributed by atoms with Gasteiger partial charge in [0.2, 0.25) is 5.88 Å². The fourth-order valence-electron chi connectivity index (χ4n) is 5.08. The molecule has 2 aliphatic rings. The van der Waals surface area contributed by atoms with Crippen molar-refractivity contribution in [3.05, 3.63) is 65.9 Å². The molecule has 1 aromatic carbocycles. The van der Waals surface area contributed by atoms with Crippen molar-refractivity contribution in [3.63, 3.8) is 0 Å². The van der Waals surface area contributed by atoms with E-state index in [1.807, 2.05) is 19.2 Å². The van der Waals surface area contributed by atoms with Gasteiger partial charge in [-0.2, -0.15) is 0 Å². The summed E-state index contributed by atoms with van der Waals surface area (Å²) in [6, 6.07) is 10.2. The Morgan fingerprint density at radius 2 is 1.94 bits per heavy atom. The number of fused-ring (bicyclic) bond motifs is 1. The molecule has 1 aliphatic carbocycles. The fraction of sp³-hybridized carbons (Fsp3) is 0.346. The molecule has 0 spiro atoms. The van der Waals surface area contributed by atoms with E-state index in [0.717, 1.165) is 16.9 Å². The molecule has 1 unspecified atom stereocenters. The van der Waals surface area contributed by atoms with Crippen molar-refractivity contribution in [2.75, 3.05) is 24.4 Å². The summed E-state index contributed by atoms with van der Waals surface area (Å²) in [6.45, 7) is 0.181. The summed E-state index contributed by atoms with van der Waals surface area (Å²) < 4.78 is 19.6. The van der Waals surface area contributed by atoms with Crippen molar-refractivity contribution >= 4 is 17.3 Å². The number of methoxy groups -OCH3 is 1. The van der Waals surface area contributed by atoms with Crippen molar-refractivity contribution in [2.24, 2.45) is 5.92 Å². The second-order valence-electron chi connectivity index (χ2n) is 8.92. The van der Waals surface area contributed by atoms with Crippen LogP contribution in [0.25, 0.3) is 11.1 Å². The first kappa shape index (κ1) is 22.1. The standard InChI is InChI=1S/C26H28FN5O2/c1-32-24-21(31-25(32)17-5-3-4-6-17)8-10-29-23(24)26(33)30-15-16-11-19(13-20(27)12-16)18-7-9-28-22(14-18)34-2/h7-14,17,25,31H,3-6,15H2,1-2H3,(H,30,33). The largest absolute Gasteiger partial charge is 0.481 e. The topological polar surface area (TPSA) is 79.4 Å². The van der Waals surface area contributed by atoms with Gasteiger partial charge in [0, 0.05) is 32.1 Å². The minimum atomic E-state index is -0.375. The number of carbonyl (C=O) groups excluding carboxylic acids is 1. The van der Waals surface area contributed by atoms with Crippen LogP contribution >= 0.6 is 0 Å². The number of anilines is 2. The average molecular weight is 462 g/mol. The summed E-state index contributed by atoms with van der Waals surface area (Å²) in [6.07, 6.45) is 8.33. The quantitative estimate of drug-likeness (QED) is 0.559. The molecule has 34 heavy (non-hydrogen) atoms. The molecule has 5 rings (SSSR count). The Hall–Kier alpha value is -3.68. The first-order valence-electron chi connectivity index (χ1n) is 11.6. The molecular weight excluding hydrogens is 433 g/mol. The SMILES string of the molecule is COc1cc(-c2cc(F)cc(CNC(=O)c3nccc4c3N(C)C(C3CCCC3)N4)c2)ccn1. The average Bonchev–Trinajstić information content (AvgIpc) is 3.50. The van der Waals surface area contributed by atoms with Gasteiger partial charge in [0.25, 0.3) is 5.91 Å². The van der Waals surface area contributed by atoms with Gasteiger partial charge in [0.15, 0.2) is 5.69 Å². The smallest absolute Gasteiger partial charge is 0.272 e. The van der Waals surface area contributed by atoms with Crippen LogP contribution in [0.1, 0.15) is 41.7 Å². The van der Waals surface area contributed by atoms with Crippen molar-refractivity contribution < 1.29 is 13.9 Å². The van der Waals surface area contributed by atoms with Gasteiger partial charge in [0.1, 0.15) is 12.0 Å². The van der Waals surface area contributed by atoms with Gasteiger partial charge >= 0.3 is 0 Å². The van der Waals surface area contributed by atoms with Crippen molar-refractivity contribution in [1.82, 2.24) is 15.3 Å². The van der Waals surface area contributed by atoms with Crippen LogP contribution in [-0.4, -0.2) is 36.2 Å². The van der Waals surface area contributed by atoms with Gasteiger partial charge in [-0.25, -0.2) is 14.4 Å². The fourth-order valence-corrected chi connectivity index (χ4v) is 5.08. The van der Waals surface area contributed by atoms with E-state index in [1.54, 1.807) is 24.5 Å². The number of aromatic nitrogens is 2. The Bertz CT molecular complexity index is 1210. The molecule has 8 heteroatoms. The molecule has 176 valence electrons. The van der Waals surface area contributed by atoms with Crippen LogP contribution < -0.4 is 20.3 Å². The Balaban J connectivity index is 1.33. The third-order valence-corrected chi connectivity index (χ3v) is 6.75. The number of hydrogen-bond acceptors (Lipinski definition) is 6. The van der Waals surface area contributed by atoms with Crippen molar-refractivity contribution in [1.29, 1.82) is 0 Å². The summed E-state index contributed by atoms with van der Waals surface area (Å²) in [5, 5.41) is 6.50. The minimum absolute atomic E-state index is 0.177. The first-order valence-corrected chi connectivity index (χ1v) is 11.6. The normalized spacial score (nSPS) is 17.4. The van der Waals surface area contributed by atoms with Crippen LogP contribution in [0.3, 0.4) is 0 Å². The molecule has 3 heterocycles. The second-order valence-corrected chi connectivity index (χ2v) is 8.92. The number of hydrogen-bond donors (Lipinski definition) is 2. The molecule has 2 aromatic heterocycles. The van der Waals surface area contributed by atoms with Crippen LogP contribution in [0.5, 0.6) is 5.88 Å². The summed E-state index contributed by atoms with van der Waals surface area (Å²) in [7, 11) is 3.55. The van der Waals surface area contributed by atoms with Crippen LogP contribution in [0.2, 0.25) is 0 Å². The van der Waals surface area contributed by atoms with E-state index in [-0.39, 0.29) is 24.4 Å². The number of ether oxygens (including phenoxy) is 1. The minimum Gasteiger partial charge on any atom is -0.481 e. The van der Waals surface area contributed by atoms with Crippen LogP contribution in [0.15, 0.2) is 48.8 Å². The van der Waals surface area contributed by atoms with E-state index in [0.29, 0.717) is 28.6 Å². The molecule has 1 fully saturated rings. The molecule has 2 N–H and O–H groups in total. The molecule has 1 atom stereocenters. The van der Waals surface area contributed by atoms with E-state index < -0.39 is 0 Å². The number of amides is 1. The number of pyridine rings is 2. The molecule has 0 bridgehead atoms. The number of nitrogens with one attached hydrogen (secondary N) is 2. The zero-order chi connectivity index (χ0) is 23.7. The zero-order valence-corrected chi connectivity index (χ0v) is 19.3. The van der Waals surface area contributed by atoms with E-state index in [1.165, 1.54) is 44.9 Å². The van der Waals surface area contributed by atoms with E-state index in [2.05, 4.69) is 25.5 Å². The molecule has 1 amide bonds. The molecule has 0 saturated heterocycles. The highest BCUT2D eigenvalue weighted by molar-refractivity contribution is 6.01. The Morgan fingerprint density at radius 1 is 1.15 bits per heavy atom. The maximum atomic E-state index is 14.4. The highest BCUT2D eigenvalue weighted by Gasteiger charge is 2.36. The van der Waals surface area contributed by atoms with Crippen LogP contribution in [0, 0.1) is 11.7 Å². The summed E-state index contributed by atoms with van der Waals surface area (Å²) in [5.74, 6) is 0.355. The molecular formula is C26H28FN5O2. The van der Waals surface area contributed by atoms with Gasteiger partial charge in [-0.15, -0.1) is 0 Å². The monoisotopic (exact) mass is 461 g/mol. The molecule has 3 aromatic rings. The third-order valence-electron chi connectivity index (χ3n) is 6.75. The lowest BCUT2D eigenvalue weighted by molar-refractivity contribution is 0.0946. The van der Waals surface area contributed by atoms with Gasteiger partial charge in [-0.1, -0.05) is 12.8 Å². The summed E-state index contributed by atoms with van der Waals surface area (Å²) >= 11 is 0. The van der Waals surface area contributed by atoms with Crippen molar-refractivity contribution in [2.45, 2.75) is 38.4 Å². The Kier molecular flexibility index (Phi) is 6.04.